The van der Waals surface area contributed by atoms with E-state index in [0.29, 0.717) is 18.9 Å². The number of nitrogens with zero attached hydrogens (tertiary/aromatic N) is 1. The molecule has 3 heteroatoms. The molecular weight excluding hydrogens is 190 g/mol. The minimum Gasteiger partial charge on any atom is -0.365 e. The number of likely N-dealkylation sites (tertiary alicyclic amines) is 1. The van der Waals surface area contributed by atoms with E-state index < -0.39 is 5.79 Å². The molecule has 88 valence electrons. The topological polar surface area (TPSA) is 43.7 Å². The summed E-state index contributed by atoms with van der Waals surface area (Å²) in [6.45, 7) is 8.12. The van der Waals surface area contributed by atoms with Gasteiger partial charge in [0.15, 0.2) is 5.79 Å². The van der Waals surface area contributed by atoms with Crippen LogP contribution in [0.4, 0.5) is 0 Å². The second kappa shape index (κ2) is 5.64. The fraction of sp³-hybridized carbons (Fsp3) is 0.833. The summed E-state index contributed by atoms with van der Waals surface area (Å²) in [6, 6.07) is 0. The third-order valence-electron chi connectivity index (χ3n) is 3.08. The smallest absolute Gasteiger partial charge is 0.175 e. The highest BCUT2D eigenvalue weighted by molar-refractivity contribution is 4.80. The Bertz CT molecular complexity index is 198. The summed E-state index contributed by atoms with van der Waals surface area (Å²) in [5, 5.41) is 19.6. The van der Waals surface area contributed by atoms with Crippen LogP contribution in [0, 0.1) is 5.92 Å². The van der Waals surface area contributed by atoms with Crippen molar-refractivity contribution in [1.82, 2.24) is 4.90 Å². The number of hydrogen-bond acceptors (Lipinski definition) is 3. The van der Waals surface area contributed by atoms with Crippen molar-refractivity contribution in [1.29, 1.82) is 0 Å². The fourth-order valence-corrected chi connectivity index (χ4v) is 1.95. The number of rotatable bonds is 6. The highest BCUT2D eigenvalue weighted by atomic mass is 16.5. The van der Waals surface area contributed by atoms with Gasteiger partial charge in [-0.1, -0.05) is 13.0 Å². The van der Waals surface area contributed by atoms with Crippen molar-refractivity contribution in [3.05, 3.63) is 12.7 Å². The van der Waals surface area contributed by atoms with Crippen LogP contribution in [-0.2, 0) is 0 Å². The molecule has 0 spiro atoms. The van der Waals surface area contributed by atoms with Gasteiger partial charge in [-0.15, -0.1) is 6.58 Å². The van der Waals surface area contributed by atoms with Gasteiger partial charge in [0.25, 0.3) is 0 Å². The second-order valence-corrected chi connectivity index (χ2v) is 4.72. The van der Waals surface area contributed by atoms with E-state index in [1.165, 1.54) is 12.8 Å². The van der Waals surface area contributed by atoms with E-state index in [1.54, 1.807) is 0 Å². The first kappa shape index (κ1) is 12.7. The van der Waals surface area contributed by atoms with Gasteiger partial charge in [-0.25, -0.2) is 0 Å². The van der Waals surface area contributed by atoms with Crippen LogP contribution >= 0.6 is 0 Å². The second-order valence-electron chi connectivity index (χ2n) is 4.72. The molecule has 1 aliphatic rings. The molecule has 0 aromatic carbocycles. The third-order valence-corrected chi connectivity index (χ3v) is 3.08. The summed E-state index contributed by atoms with van der Waals surface area (Å²) in [4.78, 5) is 2.12. The van der Waals surface area contributed by atoms with E-state index in [0.717, 1.165) is 19.5 Å². The molecule has 3 nitrogen and oxygen atoms in total. The molecule has 1 aliphatic heterocycles. The molecule has 0 bridgehead atoms. The minimum absolute atomic E-state index is 0.349. The van der Waals surface area contributed by atoms with Crippen LogP contribution in [0.2, 0.25) is 0 Å². The molecule has 1 heterocycles. The Labute approximate surface area is 92.4 Å². The van der Waals surface area contributed by atoms with E-state index in [4.69, 9.17) is 0 Å². The Morgan fingerprint density at radius 1 is 1.40 bits per heavy atom. The molecule has 0 aromatic heterocycles. The van der Waals surface area contributed by atoms with E-state index in [-0.39, 0.29) is 0 Å². The molecular formula is C12H23NO2. The molecule has 0 aromatic rings. The number of aliphatic hydroxyl groups is 2. The molecule has 1 rings (SSSR count). The van der Waals surface area contributed by atoms with Gasteiger partial charge in [-0.3, -0.25) is 4.90 Å². The first-order chi connectivity index (χ1) is 7.03. The summed E-state index contributed by atoms with van der Waals surface area (Å²) in [5.41, 5.74) is 0. The van der Waals surface area contributed by atoms with Crippen molar-refractivity contribution >= 4 is 0 Å². The van der Waals surface area contributed by atoms with E-state index in [9.17, 15) is 10.2 Å². The predicted molar refractivity (Wildman–Crippen MR) is 61.4 cm³/mol. The van der Waals surface area contributed by atoms with Crippen molar-refractivity contribution in [3.63, 3.8) is 0 Å². The predicted octanol–water partition coefficient (Wildman–Crippen LogP) is 1.37. The molecule has 0 aliphatic carbocycles. The van der Waals surface area contributed by atoms with Crippen molar-refractivity contribution < 1.29 is 10.2 Å². The molecule has 0 radical (unpaired) electrons. The van der Waals surface area contributed by atoms with Gasteiger partial charge in [-0.05, 0) is 38.3 Å². The van der Waals surface area contributed by atoms with Gasteiger partial charge in [0.1, 0.15) is 0 Å². The Morgan fingerprint density at radius 3 is 2.53 bits per heavy atom. The average molecular weight is 213 g/mol. The van der Waals surface area contributed by atoms with Gasteiger partial charge in [0, 0.05) is 6.42 Å². The van der Waals surface area contributed by atoms with E-state index in [1.807, 2.05) is 13.0 Å². The lowest BCUT2D eigenvalue weighted by atomic mass is 10.0. The van der Waals surface area contributed by atoms with Gasteiger partial charge in [-0.2, -0.15) is 0 Å². The fourth-order valence-electron chi connectivity index (χ4n) is 1.95. The standard InChI is InChI=1S/C12H23NO2/c1-3-11(2)6-7-12(14,15)10-13-8-4-5-9-13/h3,11,14-15H,1,4-10H2,2H3. The first-order valence-corrected chi connectivity index (χ1v) is 5.83. The zero-order chi connectivity index (χ0) is 11.3. The van der Waals surface area contributed by atoms with Crippen LogP contribution in [0.15, 0.2) is 12.7 Å². The lowest BCUT2D eigenvalue weighted by Gasteiger charge is -2.27. The van der Waals surface area contributed by atoms with Gasteiger partial charge >= 0.3 is 0 Å². The highest BCUT2D eigenvalue weighted by Gasteiger charge is 2.27. The molecule has 0 saturated carbocycles. The van der Waals surface area contributed by atoms with Crippen molar-refractivity contribution in [2.45, 2.75) is 38.4 Å². The van der Waals surface area contributed by atoms with Crippen LogP contribution in [0.3, 0.4) is 0 Å². The number of hydrogen-bond donors (Lipinski definition) is 2. The van der Waals surface area contributed by atoms with Crippen molar-refractivity contribution in [2.75, 3.05) is 19.6 Å². The van der Waals surface area contributed by atoms with Crippen LogP contribution in [-0.4, -0.2) is 40.5 Å². The largest absolute Gasteiger partial charge is 0.365 e. The number of allylic oxidation sites excluding steroid dienone is 1. The van der Waals surface area contributed by atoms with Crippen LogP contribution in [0.25, 0.3) is 0 Å². The normalized spacial score (nSPS) is 20.5. The third kappa shape index (κ3) is 4.78. The first-order valence-electron chi connectivity index (χ1n) is 5.83. The van der Waals surface area contributed by atoms with Gasteiger partial charge < -0.3 is 10.2 Å². The van der Waals surface area contributed by atoms with Crippen LogP contribution in [0.1, 0.15) is 32.6 Å². The Morgan fingerprint density at radius 2 is 2.00 bits per heavy atom. The maximum absolute atomic E-state index is 9.80. The molecule has 1 unspecified atom stereocenters. The maximum Gasteiger partial charge on any atom is 0.175 e. The average Bonchev–Trinajstić information content (AvgIpc) is 2.66. The summed E-state index contributed by atoms with van der Waals surface area (Å²) in [6.07, 6.45) is 5.42. The SMILES string of the molecule is C=CC(C)CCC(O)(O)CN1CCCC1. The Balaban J connectivity index is 2.26. The van der Waals surface area contributed by atoms with Gasteiger partial charge in [0.05, 0.1) is 6.54 Å². The van der Waals surface area contributed by atoms with E-state index in [2.05, 4.69) is 11.5 Å². The van der Waals surface area contributed by atoms with E-state index >= 15 is 0 Å². The zero-order valence-corrected chi connectivity index (χ0v) is 9.65. The maximum atomic E-state index is 9.80. The van der Waals surface area contributed by atoms with Gasteiger partial charge in [0.2, 0.25) is 0 Å². The quantitative estimate of drug-likeness (QED) is 0.517. The lowest BCUT2D eigenvalue weighted by Crippen LogP contribution is -2.42. The van der Waals surface area contributed by atoms with Crippen LogP contribution in [0.5, 0.6) is 0 Å². The molecule has 1 fully saturated rings. The molecule has 2 N–H and O–H groups in total. The van der Waals surface area contributed by atoms with Crippen LogP contribution < -0.4 is 0 Å². The Hall–Kier alpha value is -0.380. The summed E-state index contributed by atoms with van der Waals surface area (Å²) >= 11 is 0. The summed E-state index contributed by atoms with van der Waals surface area (Å²) < 4.78 is 0. The lowest BCUT2D eigenvalue weighted by molar-refractivity contribution is -0.178. The zero-order valence-electron chi connectivity index (χ0n) is 9.65. The summed E-state index contributed by atoms with van der Waals surface area (Å²) in [7, 11) is 0. The molecule has 15 heavy (non-hydrogen) atoms. The number of β-amino-alcohol motifs (C(OH)–C–C–N with tert-alkyl or cyclic N) is 2. The molecule has 1 saturated heterocycles. The monoisotopic (exact) mass is 213 g/mol. The highest BCUT2D eigenvalue weighted by Crippen LogP contribution is 2.18. The summed E-state index contributed by atoms with van der Waals surface area (Å²) in [5.74, 6) is -1.18. The minimum atomic E-state index is -1.53. The van der Waals surface area contributed by atoms with Crippen molar-refractivity contribution in [2.24, 2.45) is 5.92 Å². The molecule has 0 amide bonds. The molecule has 1 atom stereocenters. The Kier molecular flexibility index (Phi) is 4.77. The van der Waals surface area contributed by atoms with Crippen molar-refractivity contribution in [3.8, 4) is 0 Å².